The second-order valence-electron chi connectivity index (χ2n) is 4.15. The molecule has 0 atom stereocenters. The van der Waals surface area contributed by atoms with Crippen molar-refractivity contribution >= 4 is 49.2 Å². The molecule has 0 spiro atoms. The highest BCUT2D eigenvalue weighted by Crippen LogP contribution is 2.30. The Morgan fingerprint density at radius 2 is 1.48 bits per heavy atom. The van der Waals surface area contributed by atoms with Gasteiger partial charge in [-0.1, -0.05) is 36.4 Å². The number of nitrogens with one attached hydrogen (secondary N) is 1. The van der Waals surface area contributed by atoms with E-state index in [2.05, 4.69) is 37.2 Å². The van der Waals surface area contributed by atoms with Crippen molar-refractivity contribution in [3.05, 3.63) is 75.2 Å². The standard InChI is InChI=1S/C16H11Br2NO2/c17-12-7-4-8-13(18)16(12)19-15(21)10-9-14(20)11-5-2-1-3-6-11/h1-10H,(H,19,21). The van der Waals surface area contributed by atoms with Crippen LogP contribution in [0.3, 0.4) is 0 Å². The number of ketones is 1. The van der Waals surface area contributed by atoms with Crippen LogP contribution in [-0.2, 0) is 4.79 Å². The van der Waals surface area contributed by atoms with Crippen molar-refractivity contribution in [3.8, 4) is 0 Å². The SMILES string of the molecule is O=C(C=CC(=O)c1ccccc1)Nc1c(Br)cccc1Br. The zero-order valence-electron chi connectivity index (χ0n) is 10.8. The summed E-state index contributed by atoms with van der Waals surface area (Å²) < 4.78 is 1.51. The number of benzene rings is 2. The van der Waals surface area contributed by atoms with Crippen LogP contribution in [-0.4, -0.2) is 11.7 Å². The maximum absolute atomic E-state index is 11.9. The minimum atomic E-state index is -0.369. The number of allylic oxidation sites excluding steroid dienone is 1. The fraction of sp³-hybridized carbons (Fsp3) is 0. The van der Waals surface area contributed by atoms with Crippen LogP contribution in [0.1, 0.15) is 10.4 Å². The van der Waals surface area contributed by atoms with Crippen molar-refractivity contribution in [1.82, 2.24) is 0 Å². The van der Waals surface area contributed by atoms with E-state index in [-0.39, 0.29) is 11.7 Å². The number of hydrogen-bond acceptors (Lipinski definition) is 2. The summed E-state index contributed by atoms with van der Waals surface area (Å²) in [4.78, 5) is 23.7. The predicted molar refractivity (Wildman–Crippen MR) is 90.4 cm³/mol. The van der Waals surface area contributed by atoms with Crippen molar-refractivity contribution < 1.29 is 9.59 Å². The van der Waals surface area contributed by atoms with Gasteiger partial charge in [-0.05, 0) is 50.1 Å². The molecule has 21 heavy (non-hydrogen) atoms. The first-order valence-corrected chi connectivity index (χ1v) is 7.69. The molecule has 2 aromatic rings. The van der Waals surface area contributed by atoms with Crippen LogP contribution in [0.5, 0.6) is 0 Å². The van der Waals surface area contributed by atoms with Crippen LogP contribution in [0.25, 0.3) is 0 Å². The van der Waals surface area contributed by atoms with Gasteiger partial charge in [0.25, 0.3) is 0 Å². The van der Waals surface area contributed by atoms with Gasteiger partial charge in [-0.15, -0.1) is 0 Å². The number of carbonyl (C=O) groups is 2. The van der Waals surface area contributed by atoms with Gasteiger partial charge < -0.3 is 5.32 Å². The highest BCUT2D eigenvalue weighted by molar-refractivity contribution is 9.11. The summed E-state index contributed by atoms with van der Waals surface area (Å²) in [6.45, 7) is 0. The summed E-state index contributed by atoms with van der Waals surface area (Å²) in [5, 5.41) is 2.71. The summed E-state index contributed by atoms with van der Waals surface area (Å²) in [6.07, 6.45) is 2.48. The molecule has 0 aliphatic carbocycles. The summed E-state index contributed by atoms with van der Waals surface area (Å²) in [6, 6.07) is 14.3. The van der Waals surface area contributed by atoms with Crippen LogP contribution in [0.4, 0.5) is 5.69 Å². The molecule has 0 heterocycles. The fourth-order valence-electron chi connectivity index (χ4n) is 1.63. The van der Waals surface area contributed by atoms with Crippen LogP contribution in [0.15, 0.2) is 69.6 Å². The fourth-order valence-corrected chi connectivity index (χ4v) is 2.83. The number of anilines is 1. The van der Waals surface area contributed by atoms with Crippen molar-refractivity contribution in [1.29, 1.82) is 0 Å². The van der Waals surface area contributed by atoms with Gasteiger partial charge in [0, 0.05) is 20.6 Å². The summed E-state index contributed by atoms with van der Waals surface area (Å²) in [5.74, 6) is -0.580. The quantitative estimate of drug-likeness (QED) is 0.594. The largest absolute Gasteiger partial charge is 0.321 e. The van der Waals surface area contributed by atoms with Crippen LogP contribution in [0.2, 0.25) is 0 Å². The second-order valence-corrected chi connectivity index (χ2v) is 5.86. The molecule has 0 saturated heterocycles. The smallest absolute Gasteiger partial charge is 0.248 e. The molecule has 2 rings (SSSR count). The van der Waals surface area contributed by atoms with Gasteiger partial charge in [-0.25, -0.2) is 0 Å². The molecular weight excluding hydrogens is 398 g/mol. The Kier molecular flexibility index (Phi) is 5.47. The van der Waals surface area contributed by atoms with Gasteiger partial charge >= 0.3 is 0 Å². The third-order valence-electron chi connectivity index (χ3n) is 2.66. The van der Waals surface area contributed by atoms with Gasteiger partial charge in [-0.3, -0.25) is 9.59 Å². The Labute approximate surface area is 139 Å². The van der Waals surface area contributed by atoms with Gasteiger partial charge in [-0.2, -0.15) is 0 Å². The number of halogens is 2. The lowest BCUT2D eigenvalue weighted by molar-refractivity contribution is -0.111. The highest BCUT2D eigenvalue weighted by Gasteiger charge is 2.07. The highest BCUT2D eigenvalue weighted by atomic mass is 79.9. The molecule has 5 heteroatoms. The van der Waals surface area contributed by atoms with Crippen LogP contribution in [0, 0.1) is 0 Å². The first-order valence-electron chi connectivity index (χ1n) is 6.10. The molecule has 0 unspecified atom stereocenters. The Morgan fingerprint density at radius 3 is 2.10 bits per heavy atom. The minimum Gasteiger partial charge on any atom is -0.321 e. The lowest BCUT2D eigenvalue weighted by Crippen LogP contribution is -2.09. The topological polar surface area (TPSA) is 46.2 Å². The first-order chi connectivity index (χ1) is 10.1. The maximum atomic E-state index is 11.9. The van der Waals surface area contributed by atoms with E-state index in [9.17, 15) is 9.59 Å². The van der Waals surface area contributed by atoms with Crippen LogP contribution >= 0.6 is 31.9 Å². The normalized spacial score (nSPS) is 10.6. The number of rotatable bonds is 4. The molecule has 1 N–H and O–H groups in total. The molecule has 0 fully saturated rings. The third kappa shape index (κ3) is 4.37. The lowest BCUT2D eigenvalue weighted by atomic mass is 10.1. The maximum Gasteiger partial charge on any atom is 0.248 e. The minimum absolute atomic E-state index is 0.211. The summed E-state index contributed by atoms with van der Waals surface area (Å²) >= 11 is 6.71. The second kappa shape index (κ2) is 7.33. The van der Waals surface area contributed by atoms with Crippen molar-refractivity contribution in [2.24, 2.45) is 0 Å². The number of amides is 1. The van der Waals surface area contributed by atoms with E-state index in [1.165, 1.54) is 12.2 Å². The molecule has 0 aliphatic heterocycles. The van der Waals surface area contributed by atoms with Gasteiger partial charge in [0.15, 0.2) is 5.78 Å². The summed E-state index contributed by atoms with van der Waals surface area (Å²) in [7, 11) is 0. The molecular formula is C16H11Br2NO2. The Morgan fingerprint density at radius 1 is 0.857 bits per heavy atom. The predicted octanol–water partition coefficient (Wildman–Crippen LogP) is 4.59. The van der Waals surface area contributed by atoms with Crippen molar-refractivity contribution in [2.45, 2.75) is 0 Å². The Balaban J connectivity index is 2.05. The Hall–Kier alpha value is -1.72. The molecule has 1 amide bonds. The molecule has 2 aromatic carbocycles. The molecule has 0 saturated carbocycles. The molecule has 3 nitrogen and oxygen atoms in total. The Bertz CT molecular complexity index is 676. The number of hydrogen-bond donors (Lipinski definition) is 1. The molecule has 106 valence electrons. The van der Waals surface area contributed by atoms with E-state index in [4.69, 9.17) is 0 Å². The number of para-hydroxylation sites is 1. The van der Waals surface area contributed by atoms with E-state index < -0.39 is 0 Å². The van der Waals surface area contributed by atoms with E-state index >= 15 is 0 Å². The lowest BCUT2D eigenvalue weighted by Gasteiger charge is -2.07. The van der Waals surface area contributed by atoms with Gasteiger partial charge in [0.2, 0.25) is 5.91 Å². The van der Waals surface area contributed by atoms with Crippen molar-refractivity contribution in [2.75, 3.05) is 5.32 Å². The van der Waals surface area contributed by atoms with Gasteiger partial charge in [0.05, 0.1) is 5.69 Å². The molecule has 0 aromatic heterocycles. The number of carbonyl (C=O) groups excluding carboxylic acids is 2. The zero-order valence-corrected chi connectivity index (χ0v) is 14.0. The zero-order chi connectivity index (χ0) is 15.2. The van der Waals surface area contributed by atoms with E-state index in [1.807, 2.05) is 24.3 Å². The van der Waals surface area contributed by atoms with E-state index in [0.717, 1.165) is 8.95 Å². The van der Waals surface area contributed by atoms with E-state index in [0.29, 0.717) is 11.3 Å². The molecule has 0 aliphatic rings. The average molecular weight is 409 g/mol. The third-order valence-corrected chi connectivity index (χ3v) is 3.98. The first kappa shape index (κ1) is 15.7. The van der Waals surface area contributed by atoms with Crippen molar-refractivity contribution in [3.63, 3.8) is 0 Å². The monoisotopic (exact) mass is 407 g/mol. The molecule has 0 radical (unpaired) electrons. The van der Waals surface area contributed by atoms with E-state index in [1.54, 1.807) is 24.3 Å². The van der Waals surface area contributed by atoms with Crippen LogP contribution < -0.4 is 5.32 Å². The molecule has 0 bridgehead atoms. The average Bonchev–Trinajstić information content (AvgIpc) is 2.49. The van der Waals surface area contributed by atoms with Gasteiger partial charge in [0.1, 0.15) is 0 Å². The summed E-state index contributed by atoms with van der Waals surface area (Å²) in [5.41, 5.74) is 1.17.